The third-order valence-corrected chi connectivity index (χ3v) is 2.67. The maximum absolute atomic E-state index is 9.77. The molecule has 1 aromatic carbocycles. The SMILES string of the molecule is COCC(CNCc1ccc(OC)cc1O)OC. The second-order valence-corrected chi connectivity index (χ2v) is 3.94. The molecule has 0 aliphatic carbocycles. The van der Waals surface area contributed by atoms with E-state index in [0.29, 0.717) is 25.4 Å². The van der Waals surface area contributed by atoms with Crippen LogP contribution >= 0.6 is 0 Å². The first-order valence-electron chi connectivity index (χ1n) is 5.79. The molecule has 1 atom stereocenters. The zero-order valence-electron chi connectivity index (χ0n) is 11.1. The Labute approximate surface area is 108 Å². The Morgan fingerprint density at radius 1 is 1.28 bits per heavy atom. The topological polar surface area (TPSA) is 60.0 Å². The van der Waals surface area contributed by atoms with Gasteiger partial charge in [0.15, 0.2) is 0 Å². The molecule has 5 heteroatoms. The van der Waals surface area contributed by atoms with E-state index < -0.39 is 0 Å². The van der Waals surface area contributed by atoms with E-state index >= 15 is 0 Å². The number of ether oxygens (including phenoxy) is 3. The van der Waals surface area contributed by atoms with Crippen molar-refractivity contribution in [3.05, 3.63) is 23.8 Å². The van der Waals surface area contributed by atoms with Gasteiger partial charge in [0.05, 0.1) is 19.8 Å². The van der Waals surface area contributed by atoms with Gasteiger partial charge in [-0.15, -0.1) is 0 Å². The number of hydrogen-bond acceptors (Lipinski definition) is 5. The molecule has 0 aliphatic heterocycles. The molecule has 1 aromatic rings. The Hall–Kier alpha value is -1.30. The molecule has 0 aliphatic rings. The lowest BCUT2D eigenvalue weighted by atomic mass is 10.2. The van der Waals surface area contributed by atoms with Crippen LogP contribution in [0.1, 0.15) is 5.56 Å². The second kappa shape index (κ2) is 7.92. The van der Waals surface area contributed by atoms with E-state index in [2.05, 4.69) is 5.32 Å². The van der Waals surface area contributed by atoms with Crippen LogP contribution in [0.15, 0.2) is 18.2 Å². The van der Waals surface area contributed by atoms with Crippen LogP contribution in [-0.4, -0.2) is 45.7 Å². The average molecular weight is 255 g/mol. The second-order valence-electron chi connectivity index (χ2n) is 3.94. The molecule has 0 spiro atoms. The molecule has 2 N–H and O–H groups in total. The Morgan fingerprint density at radius 2 is 2.06 bits per heavy atom. The van der Waals surface area contributed by atoms with Crippen molar-refractivity contribution >= 4 is 0 Å². The Bertz CT molecular complexity index is 357. The fraction of sp³-hybridized carbons (Fsp3) is 0.538. The summed E-state index contributed by atoms with van der Waals surface area (Å²) in [7, 11) is 4.86. The highest BCUT2D eigenvalue weighted by molar-refractivity contribution is 5.39. The number of phenols is 1. The molecule has 18 heavy (non-hydrogen) atoms. The molecule has 0 bridgehead atoms. The molecule has 5 nitrogen and oxygen atoms in total. The van der Waals surface area contributed by atoms with Crippen LogP contribution < -0.4 is 10.1 Å². The van der Waals surface area contributed by atoms with Gasteiger partial charge >= 0.3 is 0 Å². The van der Waals surface area contributed by atoms with Gasteiger partial charge in [0.1, 0.15) is 11.5 Å². The molecule has 0 saturated heterocycles. The van der Waals surface area contributed by atoms with Gasteiger partial charge < -0.3 is 24.6 Å². The molecule has 0 saturated carbocycles. The number of phenolic OH excluding ortho intramolecular Hbond substituents is 1. The molecule has 102 valence electrons. The molecule has 0 fully saturated rings. The highest BCUT2D eigenvalue weighted by atomic mass is 16.5. The number of hydrogen-bond donors (Lipinski definition) is 2. The smallest absolute Gasteiger partial charge is 0.123 e. The van der Waals surface area contributed by atoms with E-state index in [-0.39, 0.29) is 11.9 Å². The molecule has 0 heterocycles. The first-order valence-corrected chi connectivity index (χ1v) is 5.79. The predicted molar refractivity (Wildman–Crippen MR) is 69.0 cm³/mol. The van der Waals surface area contributed by atoms with Crippen molar-refractivity contribution < 1.29 is 19.3 Å². The van der Waals surface area contributed by atoms with E-state index in [1.807, 2.05) is 12.1 Å². The number of rotatable bonds is 8. The van der Waals surface area contributed by atoms with Crippen LogP contribution in [0, 0.1) is 0 Å². The van der Waals surface area contributed by atoms with Crippen molar-refractivity contribution in [3.63, 3.8) is 0 Å². The molecular weight excluding hydrogens is 234 g/mol. The number of aromatic hydroxyl groups is 1. The van der Waals surface area contributed by atoms with Crippen molar-refractivity contribution in [2.75, 3.05) is 34.5 Å². The van der Waals surface area contributed by atoms with E-state index in [9.17, 15) is 5.11 Å². The van der Waals surface area contributed by atoms with E-state index in [1.54, 1.807) is 27.4 Å². The van der Waals surface area contributed by atoms with Crippen LogP contribution in [0.5, 0.6) is 11.5 Å². The van der Waals surface area contributed by atoms with Gasteiger partial charge in [0.25, 0.3) is 0 Å². The third kappa shape index (κ3) is 4.52. The van der Waals surface area contributed by atoms with Crippen LogP contribution in [0.25, 0.3) is 0 Å². The van der Waals surface area contributed by atoms with Gasteiger partial charge in [-0.25, -0.2) is 0 Å². The highest BCUT2D eigenvalue weighted by Crippen LogP contribution is 2.22. The average Bonchev–Trinajstić information content (AvgIpc) is 2.39. The normalized spacial score (nSPS) is 12.4. The van der Waals surface area contributed by atoms with Crippen molar-refractivity contribution in [1.82, 2.24) is 5.32 Å². The maximum atomic E-state index is 9.77. The fourth-order valence-corrected chi connectivity index (χ4v) is 1.58. The monoisotopic (exact) mass is 255 g/mol. The molecule has 1 unspecified atom stereocenters. The number of nitrogens with one attached hydrogen (secondary N) is 1. The zero-order chi connectivity index (χ0) is 13.4. The van der Waals surface area contributed by atoms with E-state index in [4.69, 9.17) is 14.2 Å². The Balaban J connectivity index is 2.43. The summed E-state index contributed by atoms with van der Waals surface area (Å²) in [6.07, 6.45) is 0.00962. The molecule has 0 aromatic heterocycles. The predicted octanol–water partition coefficient (Wildman–Crippen LogP) is 1.15. The van der Waals surface area contributed by atoms with Gasteiger partial charge in [-0.1, -0.05) is 6.07 Å². The Kier molecular flexibility index (Phi) is 6.49. The largest absolute Gasteiger partial charge is 0.507 e. The van der Waals surface area contributed by atoms with Crippen molar-refractivity contribution in [2.24, 2.45) is 0 Å². The van der Waals surface area contributed by atoms with E-state index in [1.165, 1.54) is 0 Å². The van der Waals surface area contributed by atoms with Crippen LogP contribution in [-0.2, 0) is 16.0 Å². The molecule has 1 rings (SSSR count). The van der Waals surface area contributed by atoms with E-state index in [0.717, 1.165) is 5.56 Å². The highest BCUT2D eigenvalue weighted by Gasteiger charge is 2.07. The van der Waals surface area contributed by atoms with Gasteiger partial charge in [0, 0.05) is 38.9 Å². The number of benzene rings is 1. The van der Waals surface area contributed by atoms with Gasteiger partial charge in [-0.05, 0) is 6.07 Å². The first-order chi connectivity index (χ1) is 8.71. The Morgan fingerprint density at radius 3 is 2.61 bits per heavy atom. The summed E-state index contributed by atoms with van der Waals surface area (Å²) in [4.78, 5) is 0. The molecule has 0 amide bonds. The van der Waals surface area contributed by atoms with Crippen molar-refractivity contribution in [2.45, 2.75) is 12.6 Å². The quantitative estimate of drug-likeness (QED) is 0.730. The van der Waals surface area contributed by atoms with Gasteiger partial charge in [0.2, 0.25) is 0 Å². The summed E-state index contributed by atoms with van der Waals surface area (Å²) < 4.78 is 15.3. The van der Waals surface area contributed by atoms with Crippen molar-refractivity contribution in [1.29, 1.82) is 0 Å². The lowest BCUT2D eigenvalue weighted by molar-refractivity contribution is 0.0287. The minimum atomic E-state index is 0.00962. The minimum Gasteiger partial charge on any atom is -0.507 e. The molecule has 0 radical (unpaired) electrons. The summed E-state index contributed by atoms with van der Waals surface area (Å²) in [5.41, 5.74) is 0.822. The number of methoxy groups -OCH3 is 3. The van der Waals surface area contributed by atoms with Gasteiger partial charge in [-0.3, -0.25) is 0 Å². The van der Waals surface area contributed by atoms with Gasteiger partial charge in [-0.2, -0.15) is 0 Å². The summed E-state index contributed by atoms with van der Waals surface area (Å²) >= 11 is 0. The maximum Gasteiger partial charge on any atom is 0.123 e. The minimum absolute atomic E-state index is 0.00962. The van der Waals surface area contributed by atoms with Crippen LogP contribution in [0.2, 0.25) is 0 Å². The summed E-state index contributed by atoms with van der Waals surface area (Å²) in [6.45, 7) is 1.77. The third-order valence-electron chi connectivity index (χ3n) is 2.67. The lowest BCUT2D eigenvalue weighted by Crippen LogP contribution is -2.31. The standard InChI is InChI=1S/C13H21NO4/c1-16-9-12(18-3)8-14-7-10-4-5-11(17-2)6-13(10)15/h4-6,12,14-15H,7-9H2,1-3H3. The lowest BCUT2D eigenvalue weighted by Gasteiger charge is -2.15. The molecular formula is C13H21NO4. The zero-order valence-corrected chi connectivity index (χ0v) is 11.1. The first kappa shape index (κ1) is 14.8. The van der Waals surface area contributed by atoms with Crippen LogP contribution in [0.3, 0.4) is 0 Å². The summed E-state index contributed by atoms with van der Waals surface area (Å²) in [5, 5.41) is 13.0. The van der Waals surface area contributed by atoms with Crippen LogP contribution in [0.4, 0.5) is 0 Å². The fourth-order valence-electron chi connectivity index (χ4n) is 1.58. The van der Waals surface area contributed by atoms with Crippen molar-refractivity contribution in [3.8, 4) is 11.5 Å². The summed E-state index contributed by atoms with van der Waals surface area (Å²) in [5.74, 6) is 0.868. The summed E-state index contributed by atoms with van der Waals surface area (Å²) in [6, 6.07) is 5.25.